The molecule has 1 N–H and O–H groups in total. The number of nitrogens with zero attached hydrogens (tertiary/aromatic N) is 2. The minimum atomic E-state index is -3.63. The third-order valence-corrected chi connectivity index (χ3v) is 8.75. The largest absolute Gasteiger partial charge is 0.338 e. The van der Waals surface area contributed by atoms with E-state index in [2.05, 4.69) is 17.4 Å². The Balaban J connectivity index is 1.23. The number of hydrogen-bond acceptors (Lipinski definition) is 4. The molecule has 2 amide bonds. The summed E-state index contributed by atoms with van der Waals surface area (Å²) in [6, 6.07) is 13.1. The SMILES string of the molecule is O=C1CCc2cc(S(=O)(=O)N3CCC(C(=O)N4CCc5ccccc5C4)CC3)ccc2N1. The normalized spacial score (nSPS) is 19.8. The maximum Gasteiger partial charge on any atom is 0.243 e. The number of anilines is 1. The van der Waals surface area contributed by atoms with Crippen molar-refractivity contribution in [1.29, 1.82) is 0 Å². The Morgan fingerprint density at radius 3 is 2.44 bits per heavy atom. The molecule has 5 rings (SSSR count). The number of piperidine rings is 1. The summed E-state index contributed by atoms with van der Waals surface area (Å²) < 4.78 is 27.9. The molecule has 0 atom stereocenters. The van der Waals surface area contributed by atoms with Crippen molar-refractivity contribution in [3.05, 3.63) is 59.2 Å². The van der Waals surface area contributed by atoms with Crippen molar-refractivity contribution in [2.24, 2.45) is 5.92 Å². The number of hydrogen-bond donors (Lipinski definition) is 1. The molecule has 3 aliphatic heterocycles. The van der Waals surface area contributed by atoms with Crippen LogP contribution in [-0.2, 0) is 39.0 Å². The van der Waals surface area contributed by atoms with Crippen molar-refractivity contribution in [2.75, 3.05) is 25.0 Å². The number of fused-ring (bicyclic) bond motifs is 2. The van der Waals surface area contributed by atoms with Crippen LogP contribution in [0.2, 0.25) is 0 Å². The molecule has 0 aliphatic carbocycles. The van der Waals surface area contributed by atoms with Crippen LogP contribution >= 0.6 is 0 Å². The fourth-order valence-electron chi connectivity index (χ4n) is 4.95. The molecule has 0 unspecified atom stereocenters. The number of carbonyl (C=O) groups excluding carboxylic acids is 2. The Kier molecular flexibility index (Phi) is 5.51. The van der Waals surface area contributed by atoms with Crippen LogP contribution in [0.3, 0.4) is 0 Å². The van der Waals surface area contributed by atoms with Gasteiger partial charge in [-0.1, -0.05) is 24.3 Å². The van der Waals surface area contributed by atoms with E-state index in [0.29, 0.717) is 51.0 Å². The van der Waals surface area contributed by atoms with Crippen molar-refractivity contribution in [2.45, 2.75) is 43.5 Å². The highest BCUT2D eigenvalue weighted by molar-refractivity contribution is 7.89. The molecule has 0 spiro atoms. The van der Waals surface area contributed by atoms with Gasteiger partial charge in [-0.2, -0.15) is 4.31 Å². The number of benzene rings is 2. The summed E-state index contributed by atoms with van der Waals surface area (Å²) in [6.45, 7) is 2.05. The van der Waals surface area contributed by atoms with Crippen LogP contribution in [0.4, 0.5) is 5.69 Å². The van der Waals surface area contributed by atoms with E-state index in [-0.39, 0.29) is 22.6 Å². The van der Waals surface area contributed by atoms with E-state index < -0.39 is 10.0 Å². The minimum Gasteiger partial charge on any atom is -0.338 e. The minimum absolute atomic E-state index is 0.0444. The van der Waals surface area contributed by atoms with Gasteiger partial charge in [0.15, 0.2) is 0 Å². The van der Waals surface area contributed by atoms with Crippen molar-refractivity contribution in [1.82, 2.24) is 9.21 Å². The van der Waals surface area contributed by atoms with Crippen LogP contribution in [0.5, 0.6) is 0 Å². The van der Waals surface area contributed by atoms with Gasteiger partial charge in [0.2, 0.25) is 21.8 Å². The lowest BCUT2D eigenvalue weighted by molar-refractivity contribution is -0.137. The summed E-state index contributed by atoms with van der Waals surface area (Å²) in [6.07, 6.45) is 2.85. The lowest BCUT2D eigenvalue weighted by Crippen LogP contribution is -2.45. The number of aryl methyl sites for hydroxylation is 1. The lowest BCUT2D eigenvalue weighted by Gasteiger charge is -2.35. The highest BCUT2D eigenvalue weighted by Crippen LogP contribution is 2.30. The zero-order chi connectivity index (χ0) is 22.3. The second-order valence-electron chi connectivity index (χ2n) is 8.82. The smallest absolute Gasteiger partial charge is 0.243 e. The van der Waals surface area contributed by atoms with E-state index in [4.69, 9.17) is 0 Å². The van der Waals surface area contributed by atoms with Crippen LogP contribution in [0.25, 0.3) is 0 Å². The molecule has 3 heterocycles. The average molecular weight is 454 g/mol. The first-order valence-corrected chi connectivity index (χ1v) is 12.6. The Hall–Kier alpha value is -2.71. The van der Waals surface area contributed by atoms with Crippen LogP contribution in [-0.4, -0.2) is 49.1 Å². The van der Waals surface area contributed by atoms with E-state index in [1.807, 2.05) is 17.0 Å². The molecule has 0 bridgehead atoms. The molecule has 168 valence electrons. The van der Waals surface area contributed by atoms with Gasteiger partial charge in [-0.15, -0.1) is 0 Å². The van der Waals surface area contributed by atoms with Gasteiger partial charge >= 0.3 is 0 Å². The molecular formula is C24H27N3O4S. The fourth-order valence-corrected chi connectivity index (χ4v) is 6.48. The Morgan fingerprint density at radius 1 is 0.906 bits per heavy atom. The monoisotopic (exact) mass is 453 g/mol. The van der Waals surface area contributed by atoms with Gasteiger partial charge in [0.1, 0.15) is 0 Å². The molecule has 2 aromatic rings. The zero-order valence-electron chi connectivity index (χ0n) is 17.9. The highest BCUT2D eigenvalue weighted by atomic mass is 32.2. The lowest BCUT2D eigenvalue weighted by atomic mass is 9.94. The standard InChI is InChI=1S/C24H27N3O4S/c28-23-8-5-19-15-21(6-7-22(19)25-23)32(30,31)27-13-10-18(11-14-27)24(29)26-12-9-17-3-1-2-4-20(17)16-26/h1-4,6-7,15,18H,5,8-14,16H2,(H,25,28). The molecule has 0 aromatic heterocycles. The first-order valence-electron chi connectivity index (χ1n) is 11.2. The zero-order valence-corrected chi connectivity index (χ0v) is 18.7. The molecule has 0 radical (unpaired) electrons. The van der Waals surface area contributed by atoms with Crippen LogP contribution in [0.1, 0.15) is 36.0 Å². The summed E-state index contributed by atoms with van der Waals surface area (Å²) in [4.78, 5) is 26.8. The van der Waals surface area contributed by atoms with Crippen molar-refractivity contribution in [3.8, 4) is 0 Å². The van der Waals surface area contributed by atoms with Gasteiger partial charge in [-0.05, 0) is 60.6 Å². The summed E-state index contributed by atoms with van der Waals surface area (Å²) in [5, 5.41) is 2.78. The molecule has 1 fully saturated rings. The fraction of sp³-hybridized carbons (Fsp3) is 0.417. The molecule has 32 heavy (non-hydrogen) atoms. The van der Waals surface area contributed by atoms with Crippen molar-refractivity contribution >= 4 is 27.5 Å². The van der Waals surface area contributed by atoms with Gasteiger partial charge < -0.3 is 10.2 Å². The predicted molar refractivity (Wildman–Crippen MR) is 120 cm³/mol. The number of rotatable bonds is 3. The molecule has 1 saturated heterocycles. The maximum absolute atomic E-state index is 13.2. The van der Waals surface area contributed by atoms with E-state index in [1.165, 1.54) is 15.4 Å². The summed E-state index contributed by atoms with van der Waals surface area (Å²) in [7, 11) is -3.63. The average Bonchev–Trinajstić information content (AvgIpc) is 2.83. The highest BCUT2D eigenvalue weighted by Gasteiger charge is 2.35. The predicted octanol–water partition coefficient (Wildman–Crippen LogP) is 2.56. The van der Waals surface area contributed by atoms with Crippen molar-refractivity contribution in [3.63, 3.8) is 0 Å². The number of carbonyl (C=O) groups is 2. The molecule has 0 saturated carbocycles. The van der Waals surface area contributed by atoms with E-state index in [9.17, 15) is 18.0 Å². The van der Waals surface area contributed by atoms with Crippen LogP contribution < -0.4 is 5.32 Å². The van der Waals surface area contributed by atoms with Gasteiger partial charge in [0.25, 0.3) is 0 Å². The Labute approximate surface area is 188 Å². The topological polar surface area (TPSA) is 86.8 Å². The second kappa shape index (κ2) is 8.33. The van der Waals surface area contributed by atoms with E-state index in [1.54, 1.807) is 18.2 Å². The van der Waals surface area contributed by atoms with Gasteiger partial charge in [-0.3, -0.25) is 9.59 Å². The summed E-state index contributed by atoms with van der Waals surface area (Å²) in [5.74, 6) is -0.0384. The summed E-state index contributed by atoms with van der Waals surface area (Å²) in [5.41, 5.74) is 4.05. The third-order valence-electron chi connectivity index (χ3n) is 6.86. The molecule has 2 aromatic carbocycles. The van der Waals surface area contributed by atoms with Crippen LogP contribution in [0.15, 0.2) is 47.4 Å². The van der Waals surface area contributed by atoms with E-state index in [0.717, 1.165) is 18.5 Å². The van der Waals surface area contributed by atoms with Crippen molar-refractivity contribution < 1.29 is 18.0 Å². The Morgan fingerprint density at radius 2 is 1.66 bits per heavy atom. The number of amides is 2. The molecular weight excluding hydrogens is 426 g/mol. The van der Waals surface area contributed by atoms with Gasteiger partial charge in [0.05, 0.1) is 4.90 Å². The van der Waals surface area contributed by atoms with Gasteiger partial charge in [-0.25, -0.2) is 8.42 Å². The quantitative estimate of drug-likeness (QED) is 0.774. The van der Waals surface area contributed by atoms with Crippen LogP contribution in [0, 0.1) is 5.92 Å². The first-order chi connectivity index (χ1) is 15.4. The van der Waals surface area contributed by atoms with E-state index >= 15 is 0 Å². The number of sulfonamides is 1. The second-order valence-corrected chi connectivity index (χ2v) is 10.8. The number of nitrogens with one attached hydrogen (secondary N) is 1. The molecule has 7 nitrogen and oxygen atoms in total. The molecule has 3 aliphatic rings. The maximum atomic E-state index is 13.2. The molecule has 8 heteroatoms. The third kappa shape index (κ3) is 3.93. The summed E-state index contributed by atoms with van der Waals surface area (Å²) >= 11 is 0. The first kappa shape index (κ1) is 21.2. The van der Waals surface area contributed by atoms with Gasteiger partial charge in [0, 0.05) is 44.2 Å². The Bertz CT molecular complexity index is 1170.